The number of nitrogens with two attached hydrogens (primary N) is 1. The Morgan fingerprint density at radius 3 is 2.50 bits per heavy atom. The van der Waals surface area contributed by atoms with Gasteiger partial charge in [-0.25, -0.2) is 9.97 Å². The molecule has 1 aromatic heterocycles. The summed E-state index contributed by atoms with van der Waals surface area (Å²) in [7, 11) is 0. The highest BCUT2D eigenvalue weighted by Gasteiger charge is 2.12. The van der Waals surface area contributed by atoms with Gasteiger partial charge in [0.15, 0.2) is 0 Å². The second kappa shape index (κ2) is 5.44. The number of hydrogen-bond acceptors (Lipinski definition) is 4. The summed E-state index contributed by atoms with van der Waals surface area (Å²) in [5, 5.41) is 7.24. The third-order valence-corrected chi connectivity index (χ3v) is 2.67. The Morgan fingerprint density at radius 1 is 1.44 bits per heavy atom. The molecule has 0 saturated heterocycles. The summed E-state index contributed by atoms with van der Waals surface area (Å²) in [5.41, 5.74) is 5.75. The first kappa shape index (κ1) is 12.4. The average Bonchev–Trinajstić information content (AvgIpc) is 2.30. The van der Waals surface area contributed by atoms with E-state index in [-0.39, 0.29) is 5.84 Å². The van der Waals surface area contributed by atoms with E-state index in [4.69, 9.17) is 11.1 Å². The van der Waals surface area contributed by atoms with Gasteiger partial charge in [0.05, 0.1) is 12.4 Å². The Labute approximate surface area is 96.2 Å². The lowest BCUT2D eigenvalue weighted by atomic mass is 10.2. The quantitative estimate of drug-likeness (QED) is 0.581. The maximum atomic E-state index is 7.24. The maximum Gasteiger partial charge on any atom is 0.147 e. The minimum absolute atomic E-state index is 0.0503. The Kier molecular flexibility index (Phi) is 4.22. The Morgan fingerprint density at radius 2 is 2.12 bits per heavy atom. The van der Waals surface area contributed by atoms with Crippen molar-refractivity contribution in [1.82, 2.24) is 9.97 Å². The van der Waals surface area contributed by atoms with Gasteiger partial charge in [-0.2, -0.15) is 0 Å². The fourth-order valence-corrected chi connectivity index (χ4v) is 1.53. The van der Waals surface area contributed by atoms with Crippen LogP contribution in [-0.2, 0) is 0 Å². The van der Waals surface area contributed by atoms with Crippen LogP contribution in [0.3, 0.4) is 0 Å². The standard InChI is InChI=1S/C11H19N5/c1-4-8(3)16(5-2)10-7-14-9(6-15-10)11(12)13/h6-8H,4-5H2,1-3H3,(H3,12,13). The molecule has 5 nitrogen and oxygen atoms in total. The summed E-state index contributed by atoms with van der Waals surface area (Å²) in [6.45, 7) is 7.28. The van der Waals surface area contributed by atoms with E-state index in [0.717, 1.165) is 18.8 Å². The van der Waals surface area contributed by atoms with Crippen molar-refractivity contribution >= 4 is 11.7 Å². The van der Waals surface area contributed by atoms with Crippen LogP contribution in [0.1, 0.15) is 32.9 Å². The molecule has 0 fully saturated rings. The molecule has 0 amide bonds. The SMILES string of the molecule is CCC(C)N(CC)c1cnc(C(=N)N)cn1. The predicted molar refractivity (Wildman–Crippen MR) is 65.8 cm³/mol. The summed E-state index contributed by atoms with van der Waals surface area (Å²) < 4.78 is 0. The molecule has 1 heterocycles. The third-order valence-electron chi connectivity index (χ3n) is 2.67. The molecule has 0 aliphatic rings. The zero-order valence-electron chi connectivity index (χ0n) is 10.1. The number of aromatic nitrogens is 2. The molecule has 0 radical (unpaired) electrons. The zero-order valence-corrected chi connectivity index (χ0v) is 10.1. The zero-order chi connectivity index (χ0) is 12.1. The van der Waals surface area contributed by atoms with Crippen LogP contribution in [0.15, 0.2) is 12.4 Å². The number of nitrogen functional groups attached to an aromatic ring is 1. The van der Waals surface area contributed by atoms with E-state index in [1.165, 1.54) is 0 Å². The van der Waals surface area contributed by atoms with Crippen molar-refractivity contribution in [2.45, 2.75) is 33.2 Å². The van der Waals surface area contributed by atoms with E-state index < -0.39 is 0 Å². The summed E-state index contributed by atoms with van der Waals surface area (Å²) in [4.78, 5) is 10.6. The monoisotopic (exact) mass is 221 g/mol. The summed E-state index contributed by atoms with van der Waals surface area (Å²) in [5.74, 6) is 0.785. The fraction of sp³-hybridized carbons (Fsp3) is 0.545. The number of hydrogen-bond donors (Lipinski definition) is 2. The predicted octanol–water partition coefficient (Wildman–Crippen LogP) is 1.39. The van der Waals surface area contributed by atoms with Gasteiger partial charge in [0, 0.05) is 12.6 Å². The second-order valence-electron chi connectivity index (χ2n) is 3.72. The van der Waals surface area contributed by atoms with Crippen LogP contribution < -0.4 is 10.6 Å². The van der Waals surface area contributed by atoms with Crippen LogP contribution in [0.25, 0.3) is 0 Å². The lowest BCUT2D eigenvalue weighted by molar-refractivity contribution is 0.621. The van der Waals surface area contributed by atoms with Gasteiger partial charge in [-0.1, -0.05) is 6.92 Å². The molecule has 0 aliphatic heterocycles. The van der Waals surface area contributed by atoms with E-state index in [2.05, 4.69) is 35.6 Å². The van der Waals surface area contributed by atoms with Crippen molar-refractivity contribution in [2.75, 3.05) is 11.4 Å². The summed E-state index contributed by atoms with van der Waals surface area (Å²) >= 11 is 0. The van der Waals surface area contributed by atoms with Crippen LogP contribution in [0.5, 0.6) is 0 Å². The number of rotatable bonds is 5. The van der Waals surface area contributed by atoms with Gasteiger partial charge in [0.25, 0.3) is 0 Å². The molecule has 0 aliphatic carbocycles. The second-order valence-corrected chi connectivity index (χ2v) is 3.72. The van der Waals surface area contributed by atoms with Gasteiger partial charge in [0.2, 0.25) is 0 Å². The minimum atomic E-state index is -0.0503. The van der Waals surface area contributed by atoms with E-state index in [1.54, 1.807) is 12.4 Å². The smallest absolute Gasteiger partial charge is 0.147 e. The molecule has 16 heavy (non-hydrogen) atoms. The molecular weight excluding hydrogens is 202 g/mol. The first-order valence-electron chi connectivity index (χ1n) is 5.53. The molecular formula is C11H19N5. The summed E-state index contributed by atoms with van der Waals surface area (Å²) in [6.07, 6.45) is 4.28. The van der Waals surface area contributed by atoms with E-state index in [0.29, 0.717) is 11.7 Å². The molecule has 1 aromatic rings. The number of nitrogens with one attached hydrogen (secondary N) is 1. The van der Waals surface area contributed by atoms with Gasteiger partial charge in [-0.15, -0.1) is 0 Å². The lowest BCUT2D eigenvalue weighted by Gasteiger charge is -2.27. The normalized spacial score (nSPS) is 12.2. The lowest BCUT2D eigenvalue weighted by Crippen LogP contribution is -2.33. The van der Waals surface area contributed by atoms with Crippen molar-refractivity contribution in [3.8, 4) is 0 Å². The van der Waals surface area contributed by atoms with Gasteiger partial charge < -0.3 is 10.6 Å². The van der Waals surface area contributed by atoms with Crippen molar-refractivity contribution < 1.29 is 0 Å². The van der Waals surface area contributed by atoms with Crippen LogP contribution >= 0.6 is 0 Å². The van der Waals surface area contributed by atoms with E-state index in [9.17, 15) is 0 Å². The van der Waals surface area contributed by atoms with Gasteiger partial charge >= 0.3 is 0 Å². The minimum Gasteiger partial charge on any atom is -0.382 e. The Balaban J connectivity index is 2.90. The molecule has 1 rings (SSSR count). The molecule has 1 atom stereocenters. The first-order chi connectivity index (χ1) is 7.60. The topological polar surface area (TPSA) is 78.9 Å². The molecule has 5 heteroatoms. The highest BCUT2D eigenvalue weighted by molar-refractivity contribution is 5.92. The molecule has 3 N–H and O–H groups in total. The third kappa shape index (κ3) is 2.68. The Bertz CT molecular complexity index is 346. The molecule has 0 spiro atoms. The summed E-state index contributed by atoms with van der Waals surface area (Å²) in [6, 6.07) is 0.433. The number of anilines is 1. The molecule has 88 valence electrons. The molecule has 1 unspecified atom stereocenters. The molecule has 0 saturated carbocycles. The average molecular weight is 221 g/mol. The van der Waals surface area contributed by atoms with E-state index in [1.807, 2.05) is 0 Å². The van der Waals surface area contributed by atoms with Crippen molar-refractivity contribution in [1.29, 1.82) is 5.41 Å². The molecule has 0 bridgehead atoms. The largest absolute Gasteiger partial charge is 0.382 e. The first-order valence-corrected chi connectivity index (χ1v) is 5.53. The highest BCUT2D eigenvalue weighted by atomic mass is 15.2. The van der Waals surface area contributed by atoms with Crippen molar-refractivity contribution in [3.63, 3.8) is 0 Å². The molecule has 0 aromatic carbocycles. The van der Waals surface area contributed by atoms with Crippen LogP contribution in [0, 0.1) is 5.41 Å². The fourth-order valence-electron chi connectivity index (χ4n) is 1.53. The number of amidine groups is 1. The van der Waals surface area contributed by atoms with Crippen molar-refractivity contribution in [3.05, 3.63) is 18.1 Å². The Hall–Kier alpha value is -1.65. The van der Waals surface area contributed by atoms with Crippen molar-refractivity contribution in [2.24, 2.45) is 5.73 Å². The highest BCUT2D eigenvalue weighted by Crippen LogP contribution is 2.14. The van der Waals surface area contributed by atoms with Gasteiger partial charge in [-0.05, 0) is 20.3 Å². The van der Waals surface area contributed by atoms with Gasteiger partial charge in [-0.3, -0.25) is 5.41 Å². The number of nitrogens with zero attached hydrogens (tertiary/aromatic N) is 3. The van der Waals surface area contributed by atoms with E-state index >= 15 is 0 Å². The van der Waals surface area contributed by atoms with Gasteiger partial charge in [0.1, 0.15) is 17.3 Å². The van der Waals surface area contributed by atoms with Crippen LogP contribution in [0.4, 0.5) is 5.82 Å². The van der Waals surface area contributed by atoms with Crippen LogP contribution in [-0.4, -0.2) is 28.4 Å². The van der Waals surface area contributed by atoms with Crippen LogP contribution in [0.2, 0.25) is 0 Å². The maximum absolute atomic E-state index is 7.24.